The molecule has 0 atom stereocenters. The number of nitrogens with zero attached hydrogens (tertiary/aromatic N) is 3. The van der Waals surface area contributed by atoms with Crippen molar-refractivity contribution in [1.82, 2.24) is 5.43 Å². The van der Waals surface area contributed by atoms with Crippen LogP contribution in [0.5, 0.6) is 5.75 Å². The number of aryl methyl sites for hydroxylation is 2. The Balaban J connectivity index is 2.17. The standard InChI is InChI=1S/C25H27FN6O2/c1-14-4-5-16(9-18(14)21(12-29)32-31-13-33)19(10-27)25(30-3)23-20(11-28)22(34-17-6-7-17)8-15(2)24(23)26/h4-5,8-10,13,17H,6-7,12,27,29H2,1-3H3,(H,31,33)/b19-10-,30-25?,32-21-. The van der Waals surface area contributed by atoms with Crippen LogP contribution in [-0.4, -0.2) is 37.5 Å². The number of allylic oxidation sites excluding steroid dienone is 1. The average Bonchev–Trinajstić information content (AvgIpc) is 3.65. The summed E-state index contributed by atoms with van der Waals surface area (Å²) in [6, 6.07) is 9.08. The van der Waals surface area contributed by atoms with E-state index in [0.717, 1.165) is 18.4 Å². The molecule has 1 aliphatic carbocycles. The maximum atomic E-state index is 15.5. The number of hydrogen-bond acceptors (Lipinski definition) is 7. The second-order valence-corrected chi connectivity index (χ2v) is 7.88. The van der Waals surface area contributed by atoms with Gasteiger partial charge in [-0.25, -0.2) is 9.82 Å². The smallest absolute Gasteiger partial charge is 0.227 e. The van der Waals surface area contributed by atoms with Gasteiger partial charge in [0.1, 0.15) is 23.2 Å². The van der Waals surface area contributed by atoms with Crippen molar-refractivity contribution >= 4 is 23.4 Å². The van der Waals surface area contributed by atoms with E-state index < -0.39 is 5.82 Å². The van der Waals surface area contributed by atoms with Crippen LogP contribution < -0.4 is 21.6 Å². The lowest BCUT2D eigenvalue weighted by molar-refractivity contribution is -0.109. The van der Waals surface area contributed by atoms with E-state index in [2.05, 4.69) is 21.6 Å². The first-order chi connectivity index (χ1) is 16.4. The normalized spacial score (nSPS) is 14.5. The molecule has 0 radical (unpaired) electrons. The highest BCUT2D eigenvalue weighted by molar-refractivity contribution is 6.33. The Kier molecular flexibility index (Phi) is 7.76. The third-order valence-electron chi connectivity index (χ3n) is 5.53. The minimum atomic E-state index is -0.564. The van der Waals surface area contributed by atoms with E-state index in [1.807, 2.05) is 19.1 Å². The quantitative estimate of drug-likeness (QED) is 0.299. The molecule has 0 heterocycles. The van der Waals surface area contributed by atoms with Crippen LogP contribution in [0.2, 0.25) is 0 Å². The van der Waals surface area contributed by atoms with Gasteiger partial charge in [0.05, 0.1) is 23.1 Å². The van der Waals surface area contributed by atoms with Gasteiger partial charge in [-0.3, -0.25) is 9.79 Å². The Labute approximate surface area is 197 Å². The molecule has 2 aromatic carbocycles. The predicted octanol–water partition coefficient (Wildman–Crippen LogP) is 2.68. The van der Waals surface area contributed by atoms with Crippen LogP contribution in [0.4, 0.5) is 4.39 Å². The van der Waals surface area contributed by atoms with Crippen molar-refractivity contribution in [1.29, 1.82) is 5.26 Å². The van der Waals surface area contributed by atoms with Crippen LogP contribution >= 0.6 is 0 Å². The highest BCUT2D eigenvalue weighted by Crippen LogP contribution is 2.35. The molecule has 0 spiro atoms. The summed E-state index contributed by atoms with van der Waals surface area (Å²) in [7, 11) is 1.51. The summed E-state index contributed by atoms with van der Waals surface area (Å²) in [4.78, 5) is 15.0. The molecule has 34 heavy (non-hydrogen) atoms. The molecular weight excluding hydrogens is 435 g/mol. The van der Waals surface area contributed by atoms with Crippen molar-refractivity contribution in [2.45, 2.75) is 32.8 Å². The third-order valence-corrected chi connectivity index (χ3v) is 5.53. The SMILES string of the molecule is CN=C(/C(=C\N)c1ccc(C)c(/C(CN)=N\NC=O)c1)c1c(F)c(C)cc(OC2CC2)c1C#N. The summed E-state index contributed by atoms with van der Waals surface area (Å²) < 4.78 is 21.4. The second-order valence-electron chi connectivity index (χ2n) is 7.88. The number of carbonyl (C=O) groups excluding carboxylic acids is 1. The first kappa shape index (κ1) is 24.6. The topological polar surface area (TPSA) is 139 Å². The highest BCUT2D eigenvalue weighted by atomic mass is 19.1. The lowest BCUT2D eigenvalue weighted by Crippen LogP contribution is -2.20. The summed E-state index contributed by atoms with van der Waals surface area (Å²) in [5, 5.41) is 13.9. The number of carbonyl (C=O) groups is 1. The number of rotatable bonds is 9. The molecule has 8 nitrogen and oxygen atoms in total. The predicted molar refractivity (Wildman–Crippen MR) is 130 cm³/mol. The fourth-order valence-corrected chi connectivity index (χ4v) is 3.65. The number of nitrogens with two attached hydrogens (primary N) is 2. The van der Waals surface area contributed by atoms with Gasteiger partial charge in [-0.15, -0.1) is 0 Å². The third kappa shape index (κ3) is 4.97. The minimum Gasteiger partial charge on any atom is -0.489 e. The Morgan fingerprint density at radius 3 is 2.62 bits per heavy atom. The van der Waals surface area contributed by atoms with Crippen molar-refractivity contribution in [3.05, 3.63) is 69.7 Å². The Morgan fingerprint density at radius 2 is 2.06 bits per heavy atom. The zero-order chi connectivity index (χ0) is 24.8. The molecule has 2 aromatic rings. The van der Waals surface area contributed by atoms with E-state index in [4.69, 9.17) is 16.2 Å². The molecule has 1 fully saturated rings. The summed E-state index contributed by atoms with van der Waals surface area (Å²) in [5.41, 5.74) is 17.8. The number of nitrogens with one attached hydrogen (secondary N) is 1. The van der Waals surface area contributed by atoms with Gasteiger partial charge in [0.25, 0.3) is 0 Å². The molecule has 0 aromatic heterocycles. The van der Waals surface area contributed by atoms with E-state index in [1.165, 1.54) is 13.2 Å². The van der Waals surface area contributed by atoms with Gasteiger partial charge >= 0.3 is 0 Å². The number of nitriles is 1. The number of aliphatic imine (C=N–C) groups is 1. The highest BCUT2D eigenvalue weighted by Gasteiger charge is 2.29. The van der Waals surface area contributed by atoms with Gasteiger partial charge in [-0.2, -0.15) is 10.4 Å². The molecule has 3 rings (SSSR count). The van der Waals surface area contributed by atoms with Crippen molar-refractivity contribution in [2.24, 2.45) is 21.6 Å². The second kappa shape index (κ2) is 10.7. The largest absolute Gasteiger partial charge is 0.489 e. The van der Waals surface area contributed by atoms with E-state index in [0.29, 0.717) is 40.1 Å². The van der Waals surface area contributed by atoms with E-state index in [9.17, 15) is 10.1 Å². The monoisotopic (exact) mass is 462 g/mol. The number of halogens is 1. The van der Waals surface area contributed by atoms with E-state index in [1.54, 1.807) is 19.1 Å². The molecular formula is C25H27FN6O2. The molecule has 1 amide bonds. The van der Waals surface area contributed by atoms with Crippen LogP contribution in [0.15, 0.2) is 40.6 Å². The molecule has 1 saturated carbocycles. The molecule has 1 aliphatic rings. The summed E-state index contributed by atoms with van der Waals surface area (Å²) >= 11 is 0. The maximum Gasteiger partial charge on any atom is 0.227 e. The summed E-state index contributed by atoms with van der Waals surface area (Å²) in [6.45, 7) is 3.57. The van der Waals surface area contributed by atoms with Crippen molar-refractivity contribution in [3.8, 4) is 11.8 Å². The number of hydrogen-bond donors (Lipinski definition) is 3. The Bertz CT molecular complexity index is 1240. The van der Waals surface area contributed by atoms with Crippen molar-refractivity contribution in [3.63, 3.8) is 0 Å². The van der Waals surface area contributed by atoms with Crippen LogP contribution in [-0.2, 0) is 4.79 Å². The molecule has 5 N–H and O–H groups in total. The fourth-order valence-electron chi connectivity index (χ4n) is 3.65. The van der Waals surface area contributed by atoms with Crippen LogP contribution in [0, 0.1) is 31.0 Å². The van der Waals surface area contributed by atoms with Gasteiger partial charge in [0.15, 0.2) is 0 Å². The number of benzene rings is 2. The van der Waals surface area contributed by atoms with Gasteiger partial charge < -0.3 is 16.2 Å². The van der Waals surface area contributed by atoms with E-state index in [-0.39, 0.29) is 29.5 Å². The van der Waals surface area contributed by atoms with Crippen LogP contribution in [0.1, 0.15) is 46.2 Å². The average molecular weight is 463 g/mol. The molecule has 0 unspecified atom stereocenters. The first-order valence-electron chi connectivity index (χ1n) is 10.8. The Morgan fingerprint density at radius 1 is 1.32 bits per heavy atom. The maximum absolute atomic E-state index is 15.5. The summed E-state index contributed by atoms with van der Waals surface area (Å²) in [5.74, 6) is -0.232. The Hall–Kier alpha value is -4.03. The van der Waals surface area contributed by atoms with Gasteiger partial charge in [0, 0.05) is 30.9 Å². The number of ether oxygens (including phenoxy) is 1. The van der Waals surface area contributed by atoms with Crippen molar-refractivity contribution in [2.75, 3.05) is 13.6 Å². The fraction of sp³-hybridized carbons (Fsp3) is 0.280. The first-order valence-corrected chi connectivity index (χ1v) is 10.8. The molecule has 0 aliphatic heterocycles. The molecule has 0 bridgehead atoms. The van der Waals surface area contributed by atoms with Crippen LogP contribution in [0.3, 0.4) is 0 Å². The van der Waals surface area contributed by atoms with Gasteiger partial charge in [-0.05, 0) is 55.5 Å². The van der Waals surface area contributed by atoms with Crippen LogP contribution in [0.25, 0.3) is 5.57 Å². The molecule has 0 saturated heterocycles. The van der Waals surface area contributed by atoms with Gasteiger partial charge in [0.2, 0.25) is 6.41 Å². The van der Waals surface area contributed by atoms with Crippen molar-refractivity contribution < 1.29 is 13.9 Å². The summed E-state index contributed by atoms with van der Waals surface area (Å²) in [6.07, 6.45) is 3.60. The molecule has 176 valence electrons. The minimum absolute atomic E-state index is 0.0324. The lowest BCUT2D eigenvalue weighted by atomic mass is 9.89. The van der Waals surface area contributed by atoms with Gasteiger partial charge in [-0.1, -0.05) is 12.1 Å². The number of hydrazone groups is 1. The molecule has 9 heteroatoms. The number of amides is 1. The zero-order valence-corrected chi connectivity index (χ0v) is 19.4. The van der Waals surface area contributed by atoms with E-state index >= 15 is 4.39 Å². The zero-order valence-electron chi connectivity index (χ0n) is 19.4. The lowest BCUT2D eigenvalue weighted by Gasteiger charge is -2.18.